The number of likely N-dealkylation sites (tertiary alicyclic amines) is 1. The summed E-state index contributed by atoms with van der Waals surface area (Å²) in [6.07, 6.45) is 8.34. The van der Waals surface area contributed by atoms with Gasteiger partial charge in [0.15, 0.2) is 0 Å². The van der Waals surface area contributed by atoms with Crippen LogP contribution in [0.2, 0.25) is 0 Å². The molecule has 4 rings (SSSR count). The molecule has 0 bridgehead atoms. The topological polar surface area (TPSA) is 97.9 Å². The molecule has 138 valence electrons. The average Bonchev–Trinajstić information content (AvgIpc) is 3.29. The SMILES string of the molecule is Cc1ncc(C(=O)N2CCC[C@@H]2c2cncc(-c3c(C)noc3C)n2)cn1. The Balaban J connectivity index is 1.65. The Kier molecular flexibility index (Phi) is 4.39. The van der Waals surface area contributed by atoms with Crippen molar-refractivity contribution < 1.29 is 9.32 Å². The molecule has 0 aliphatic carbocycles. The number of nitrogens with zero attached hydrogens (tertiary/aromatic N) is 6. The van der Waals surface area contributed by atoms with Gasteiger partial charge in [-0.2, -0.15) is 0 Å². The zero-order valence-corrected chi connectivity index (χ0v) is 15.5. The molecule has 0 radical (unpaired) electrons. The fraction of sp³-hybridized carbons (Fsp3) is 0.368. The highest BCUT2D eigenvalue weighted by Crippen LogP contribution is 2.33. The number of amides is 1. The number of hydrogen-bond acceptors (Lipinski definition) is 7. The maximum Gasteiger partial charge on any atom is 0.257 e. The number of aromatic nitrogens is 5. The minimum Gasteiger partial charge on any atom is -0.361 e. The fourth-order valence-electron chi connectivity index (χ4n) is 3.50. The molecule has 27 heavy (non-hydrogen) atoms. The van der Waals surface area contributed by atoms with Crippen LogP contribution in [0, 0.1) is 20.8 Å². The van der Waals surface area contributed by atoms with E-state index in [4.69, 9.17) is 9.51 Å². The summed E-state index contributed by atoms with van der Waals surface area (Å²) < 4.78 is 5.25. The van der Waals surface area contributed by atoms with E-state index < -0.39 is 0 Å². The lowest BCUT2D eigenvalue weighted by atomic mass is 10.1. The fourth-order valence-corrected chi connectivity index (χ4v) is 3.50. The molecule has 0 spiro atoms. The van der Waals surface area contributed by atoms with Crippen LogP contribution >= 0.6 is 0 Å². The molecule has 1 fully saturated rings. The van der Waals surface area contributed by atoms with E-state index >= 15 is 0 Å². The van der Waals surface area contributed by atoms with Crippen molar-refractivity contribution in [2.75, 3.05) is 6.54 Å². The van der Waals surface area contributed by atoms with Crippen LogP contribution in [0.1, 0.15) is 52.2 Å². The Morgan fingerprint density at radius 3 is 2.63 bits per heavy atom. The minimum atomic E-state index is -0.119. The van der Waals surface area contributed by atoms with Gasteiger partial charge in [0.05, 0.1) is 46.6 Å². The number of rotatable bonds is 3. The molecule has 1 aliphatic rings. The lowest BCUT2D eigenvalue weighted by Gasteiger charge is -2.24. The smallest absolute Gasteiger partial charge is 0.257 e. The van der Waals surface area contributed by atoms with E-state index in [1.165, 1.54) is 0 Å². The van der Waals surface area contributed by atoms with E-state index in [0.29, 0.717) is 29.4 Å². The maximum atomic E-state index is 12.9. The number of hydrogen-bond donors (Lipinski definition) is 0. The van der Waals surface area contributed by atoms with Gasteiger partial charge in [-0.05, 0) is 33.6 Å². The summed E-state index contributed by atoms with van der Waals surface area (Å²) in [5.74, 6) is 1.26. The number of carbonyl (C=O) groups is 1. The van der Waals surface area contributed by atoms with Gasteiger partial charge in [0, 0.05) is 18.9 Å². The second-order valence-electron chi connectivity index (χ2n) is 6.70. The normalized spacial score (nSPS) is 16.7. The third-order valence-electron chi connectivity index (χ3n) is 4.83. The molecule has 8 heteroatoms. The van der Waals surface area contributed by atoms with Gasteiger partial charge < -0.3 is 9.42 Å². The molecule has 0 saturated carbocycles. The third kappa shape index (κ3) is 3.18. The van der Waals surface area contributed by atoms with Crippen LogP contribution in [0.5, 0.6) is 0 Å². The van der Waals surface area contributed by atoms with Crippen LogP contribution in [0.3, 0.4) is 0 Å². The van der Waals surface area contributed by atoms with Gasteiger partial charge in [0.1, 0.15) is 11.6 Å². The Labute approximate surface area is 156 Å². The lowest BCUT2D eigenvalue weighted by molar-refractivity contribution is 0.0732. The van der Waals surface area contributed by atoms with E-state index in [-0.39, 0.29) is 11.9 Å². The molecule has 0 N–H and O–H groups in total. The van der Waals surface area contributed by atoms with Crippen molar-refractivity contribution in [1.29, 1.82) is 0 Å². The van der Waals surface area contributed by atoms with Gasteiger partial charge in [-0.25, -0.2) is 15.0 Å². The Hall–Kier alpha value is -3.16. The van der Waals surface area contributed by atoms with Gasteiger partial charge >= 0.3 is 0 Å². The van der Waals surface area contributed by atoms with Gasteiger partial charge in [-0.1, -0.05) is 5.16 Å². The van der Waals surface area contributed by atoms with Gasteiger partial charge in [0.2, 0.25) is 0 Å². The second kappa shape index (κ2) is 6.86. The highest BCUT2D eigenvalue weighted by molar-refractivity contribution is 5.94. The van der Waals surface area contributed by atoms with Crippen molar-refractivity contribution in [3.8, 4) is 11.3 Å². The highest BCUT2D eigenvalue weighted by atomic mass is 16.5. The first-order valence-electron chi connectivity index (χ1n) is 8.89. The van der Waals surface area contributed by atoms with Crippen molar-refractivity contribution in [3.63, 3.8) is 0 Å². The molecule has 3 aromatic rings. The summed E-state index contributed by atoms with van der Waals surface area (Å²) in [7, 11) is 0. The minimum absolute atomic E-state index is 0.0814. The summed E-state index contributed by atoms with van der Waals surface area (Å²) >= 11 is 0. The van der Waals surface area contributed by atoms with E-state index in [0.717, 1.165) is 29.8 Å². The standard InChI is InChI=1S/C19H20N6O2/c1-11-18(12(2)27-24-11)16-10-20-9-15(23-16)17-5-4-6-25(17)19(26)14-7-21-13(3)22-8-14/h7-10,17H,4-6H2,1-3H3/t17-/m1/s1. The largest absolute Gasteiger partial charge is 0.361 e. The molecular weight excluding hydrogens is 344 g/mol. The molecule has 1 saturated heterocycles. The Bertz CT molecular complexity index is 963. The Morgan fingerprint density at radius 2 is 1.93 bits per heavy atom. The summed E-state index contributed by atoms with van der Waals surface area (Å²) in [6.45, 7) is 6.20. The molecule has 1 aliphatic heterocycles. The predicted molar refractivity (Wildman–Crippen MR) is 96.8 cm³/mol. The van der Waals surface area contributed by atoms with Crippen LogP contribution in [0.25, 0.3) is 11.3 Å². The number of carbonyl (C=O) groups excluding carboxylic acids is 1. The maximum absolute atomic E-state index is 12.9. The quantitative estimate of drug-likeness (QED) is 0.705. The van der Waals surface area contributed by atoms with E-state index in [2.05, 4.69) is 20.1 Å². The van der Waals surface area contributed by atoms with Gasteiger partial charge in [-0.3, -0.25) is 9.78 Å². The van der Waals surface area contributed by atoms with E-state index in [1.54, 1.807) is 31.7 Å². The van der Waals surface area contributed by atoms with E-state index in [1.807, 2.05) is 18.7 Å². The zero-order chi connectivity index (χ0) is 19.0. The first kappa shape index (κ1) is 17.3. The molecule has 0 aromatic carbocycles. The first-order chi connectivity index (χ1) is 13.0. The Morgan fingerprint density at radius 1 is 1.15 bits per heavy atom. The van der Waals surface area contributed by atoms with Crippen molar-refractivity contribution in [1.82, 2.24) is 30.0 Å². The van der Waals surface area contributed by atoms with Crippen LogP contribution in [-0.4, -0.2) is 42.4 Å². The van der Waals surface area contributed by atoms with Gasteiger partial charge in [0.25, 0.3) is 5.91 Å². The lowest BCUT2D eigenvalue weighted by Crippen LogP contribution is -2.31. The van der Waals surface area contributed by atoms with Crippen molar-refractivity contribution in [3.05, 3.63) is 53.3 Å². The molecule has 0 unspecified atom stereocenters. The molecule has 8 nitrogen and oxygen atoms in total. The van der Waals surface area contributed by atoms with E-state index in [9.17, 15) is 4.79 Å². The van der Waals surface area contributed by atoms with Gasteiger partial charge in [-0.15, -0.1) is 0 Å². The molecule has 1 amide bonds. The zero-order valence-electron chi connectivity index (χ0n) is 15.5. The first-order valence-corrected chi connectivity index (χ1v) is 8.89. The molecule has 4 heterocycles. The molecule has 3 aromatic heterocycles. The van der Waals surface area contributed by atoms with Crippen LogP contribution < -0.4 is 0 Å². The van der Waals surface area contributed by atoms with Crippen LogP contribution in [0.15, 0.2) is 29.3 Å². The second-order valence-corrected chi connectivity index (χ2v) is 6.70. The summed E-state index contributed by atoms with van der Waals surface area (Å²) in [5, 5.41) is 3.99. The van der Waals surface area contributed by atoms with Crippen molar-refractivity contribution >= 4 is 5.91 Å². The third-order valence-corrected chi connectivity index (χ3v) is 4.83. The van der Waals surface area contributed by atoms with Crippen LogP contribution in [0.4, 0.5) is 0 Å². The van der Waals surface area contributed by atoms with Crippen molar-refractivity contribution in [2.24, 2.45) is 0 Å². The summed E-state index contributed by atoms with van der Waals surface area (Å²) in [4.78, 5) is 32.2. The van der Waals surface area contributed by atoms with Crippen LogP contribution in [-0.2, 0) is 0 Å². The number of aryl methyl sites for hydroxylation is 3. The highest BCUT2D eigenvalue weighted by Gasteiger charge is 2.32. The summed E-state index contributed by atoms with van der Waals surface area (Å²) in [5.41, 5.74) is 3.60. The average molecular weight is 364 g/mol. The predicted octanol–water partition coefficient (Wildman–Crippen LogP) is 2.82. The van der Waals surface area contributed by atoms with Crippen molar-refractivity contribution in [2.45, 2.75) is 39.7 Å². The molecule has 1 atom stereocenters. The summed E-state index contributed by atoms with van der Waals surface area (Å²) in [6, 6.07) is -0.119. The molecular formula is C19H20N6O2. The monoisotopic (exact) mass is 364 g/mol.